The van der Waals surface area contributed by atoms with Crippen molar-refractivity contribution in [2.24, 2.45) is 10.9 Å². The molecule has 0 amide bonds. The number of hydrogen-bond donors (Lipinski definition) is 1. The van der Waals surface area contributed by atoms with Gasteiger partial charge in [-0.05, 0) is 0 Å². The molecule has 12 heavy (non-hydrogen) atoms. The van der Waals surface area contributed by atoms with Gasteiger partial charge in [0.15, 0.2) is 0 Å². The molecule has 2 N–H and O–H groups in total. The molecule has 0 bridgehead atoms. The van der Waals surface area contributed by atoms with Gasteiger partial charge in [0.2, 0.25) is 0 Å². The summed E-state index contributed by atoms with van der Waals surface area (Å²) in [7, 11) is 0. The van der Waals surface area contributed by atoms with E-state index < -0.39 is 0 Å². The number of hydrogen-bond acceptors (Lipinski definition) is 2. The van der Waals surface area contributed by atoms with Crippen molar-refractivity contribution in [2.75, 3.05) is 0 Å². The van der Waals surface area contributed by atoms with Gasteiger partial charge in [0.25, 0.3) is 0 Å². The molecule has 0 aromatic heterocycles. The molecule has 0 atom stereocenters. The van der Waals surface area contributed by atoms with Gasteiger partial charge in [0, 0.05) is 0 Å². The fraction of sp³-hybridized carbons (Fsp3) is 0.222. The van der Waals surface area contributed by atoms with Crippen LogP contribution in [0, 0.1) is 0 Å². The van der Waals surface area contributed by atoms with Gasteiger partial charge in [0.1, 0.15) is 0 Å². The number of nitrogens with zero attached hydrogens (tertiary/aromatic N) is 1. The molecule has 0 spiro atoms. The molecule has 0 fully saturated rings. The number of nitrogens with two attached hydrogens (primary N) is 1. The Hall–Kier alpha value is -0.375. The van der Waals surface area contributed by atoms with Crippen molar-refractivity contribution >= 4 is 9.29 Å². The summed E-state index contributed by atoms with van der Waals surface area (Å²) in [5.41, 5.74) is 1.09. The van der Waals surface area contributed by atoms with E-state index in [1.807, 2.05) is 26.0 Å². The van der Waals surface area contributed by atoms with Crippen LogP contribution in [0.5, 0.6) is 0 Å². The molecule has 1 aromatic rings. The summed E-state index contributed by atoms with van der Waals surface area (Å²) in [6.07, 6.45) is 1.66. The summed E-state index contributed by atoms with van der Waals surface area (Å²) < 4.78 is 1.41. The number of rotatable bonds is 1. The summed E-state index contributed by atoms with van der Waals surface area (Å²) >= 11 is 0.694. The van der Waals surface area contributed by atoms with Crippen molar-refractivity contribution in [3.63, 3.8) is 0 Å². The fourth-order valence-electron chi connectivity index (χ4n) is 0.759. The van der Waals surface area contributed by atoms with Gasteiger partial charge in [0.05, 0.1) is 0 Å². The van der Waals surface area contributed by atoms with Crippen LogP contribution in [-0.2, 0) is 26.1 Å². The van der Waals surface area contributed by atoms with Crippen LogP contribution >= 0.6 is 0 Å². The maximum absolute atomic E-state index is 5.00. The first-order valence-corrected chi connectivity index (χ1v) is 6.73. The second-order valence-electron chi connectivity index (χ2n) is 2.02. The molecule has 0 aliphatic heterocycles. The van der Waals surface area contributed by atoms with Gasteiger partial charge in [-0.25, -0.2) is 0 Å². The van der Waals surface area contributed by atoms with E-state index >= 15 is 0 Å². The Balaban J connectivity index is 0.000000561. The molecule has 0 heterocycles. The fourth-order valence-corrected chi connectivity index (χ4v) is 2.20. The summed E-state index contributed by atoms with van der Waals surface area (Å²) in [6, 6.07) is 8.25. The van der Waals surface area contributed by atoms with Crippen molar-refractivity contribution in [2.45, 2.75) is 13.8 Å². The quantitative estimate of drug-likeness (QED) is 0.351. The van der Waals surface area contributed by atoms with Crippen molar-refractivity contribution in [3.05, 3.63) is 29.8 Å². The summed E-state index contributed by atoms with van der Waals surface area (Å²) in [5, 5.41) is 3.44. The van der Waals surface area contributed by atoms with Crippen molar-refractivity contribution < 1.29 is 26.1 Å². The SMILES string of the molecule is CC.N/N=C/c1ccc[c]([Hg])c1. The van der Waals surface area contributed by atoms with Gasteiger partial charge in [-0.1, -0.05) is 13.8 Å². The second-order valence-corrected chi connectivity index (χ2v) is 5.20. The number of benzene rings is 1. The van der Waals surface area contributed by atoms with Gasteiger partial charge in [-0.15, -0.1) is 0 Å². The Morgan fingerprint density at radius 2 is 2.08 bits per heavy atom. The van der Waals surface area contributed by atoms with Crippen molar-refractivity contribution in [1.29, 1.82) is 0 Å². The summed E-state index contributed by atoms with van der Waals surface area (Å²) in [4.78, 5) is 0. The van der Waals surface area contributed by atoms with Crippen LogP contribution in [0.25, 0.3) is 0 Å². The van der Waals surface area contributed by atoms with Crippen molar-refractivity contribution in [3.8, 4) is 0 Å². The van der Waals surface area contributed by atoms with E-state index in [-0.39, 0.29) is 0 Å². The Bertz CT molecular complexity index is 246. The zero-order valence-electron chi connectivity index (χ0n) is 7.62. The van der Waals surface area contributed by atoms with Crippen molar-refractivity contribution in [1.82, 2.24) is 0 Å². The Kier molecular flexibility index (Phi) is 7.06. The Labute approximate surface area is 89.8 Å². The summed E-state index contributed by atoms with van der Waals surface area (Å²) in [5.74, 6) is 5.00. The van der Waals surface area contributed by atoms with Crippen LogP contribution in [0.3, 0.4) is 0 Å². The first-order valence-electron chi connectivity index (χ1n) is 3.98. The molecule has 2 nitrogen and oxygen atoms in total. The predicted molar refractivity (Wildman–Crippen MR) is 49.2 cm³/mol. The molecule has 0 aliphatic carbocycles. The van der Waals surface area contributed by atoms with Crippen LogP contribution in [0.15, 0.2) is 29.4 Å². The van der Waals surface area contributed by atoms with E-state index in [4.69, 9.17) is 5.84 Å². The Morgan fingerprint density at radius 3 is 2.58 bits per heavy atom. The molecule has 1 rings (SSSR count). The van der Waals surface area contributed by atoms with E-state index in [1.54, 1.807) is 6.21 Å². The molecular formula is C9H13HgN2. The first-order chi connectivity index (χ1) is 5.83. The molecule has 0 radical (unpaired) electrons. The van der Waals surface area contributed by atoms with Crippen LogP contribution in [0.2, 0.25) is 0 Å². The first kappa shape index (κ1) is 11.6. The molecule has 1 aromatic carbocycles. The summed E-state index contributed by atoms with van der Waals surface area (Å²) in [6.45, 7) is 4.00. The third-order valence-electron chi connectivity index (χ3n) is 1.17. The van der Waals surface area contributed by atoms with Gasteiger partial charge in [-0.2, -0.15) is 0 Å². The molecule has 0 unspecified atom stereocenters. The maximum atomic E-state index is 5.00. The molecular weight excluding hydrogens is 337 g/mol. The predicted octanol–water partition coefficient (Wildman–Crippen LogP) is 1.18. The molecule has 0 aliphatic rings. The van der Waals surface area contributed by atoms with E-state index in [0.717, 1.165) is 5.56 Å². The average Bonchev–Trinajstić information content (AvgIpc) is 2.09. The van der Waals surface area contributed by atoms with E-state index in [0.29, 0.717) is 26.1 Å². The Morgan fingerprint density at radius 1 is 1.42 bits per heavy atom. The third-order valence-corrected chi connectivity index (χ3v) is 2.88. The zero-order chi connectivity index (χ0) is 9.40. The van der Waals surface area contributed by atoms with Gasteiger partial charge in [-0.3, -0.25) is 0 Å². The normalized spacial score (nSPS) is 9.33. The van der Waals surface area contributed by atoms with E-state index in [1.165, 1.54) is 3.07 Å². The molecule has 61 valence electrons. The van der Waals surface area contributed by atoms with Crippen LogP contribution < -0.4 is 8.91 Å². The topological polar surface area (TPSA) is 38.4 Å². The molecule has 0 saturated heterocycles. The molecule has 0 saturated carbocycles. The van der Waals surface area contributed by atoms with Gasteiger partial charge < -0.3 is 0 Å². The standard InChI is InChI=1S/C7H7N2.C2H6.Hg/c8-9-6-7-4-2-1-3-5-7;1-2;/h1-2,4-6H,8H2;1-2H3;/b9-6+;;. The monoisotopic (exact) mass is 351 g/mol. The van der Waals surface area contributed by atoms with Crippen LogP contribution in [0.1, 0.15) is 19.4 Å². The molecule has 3 heteroatoms. The van der Waals surface area contributed by atoms with Crippen LogP contribution in [-0.4, -0.2) is 6.21 Å². The second kappa shape index (κ2) is 7.28. The zero-order valence-corrected chi connectivity index (χ0v) is 13.1. The van der Waals surface area contributed by atoms with E-state index in [2.05, 4.69) is 17.2 Å². The average molecular weight is 350 g/mol. The minimum atomic E-state index is 0.694. The van der Waals surface area contributed by atoms with Crippen LogP contribution in [0.4, 0.5) is 0 Å². The minimum absolute atomic E-state index is 0.694. The number of hydrazone groups is 1. The van der Waals surface area contributed by atoms with E-state index in [9.17, 15) is 0 Å². The van der Waals surface area contributed by atoms with Gasteiger partial charge >= 0.3 is 76.2 Å². The third kappa shape index (κ3) is 4.49.